The molecule has 2 rings (SSSR count). The minimum Gasteiger partial charge on any atom is -0.330 e. The minimum atomic E-state index is -3.41. The van der Waals surface area contributed by atoms with Crippen LogP contribution < -0.4 is 10.5 Å². The Morgan fingerprint density at radius 1 is 1.33 bits per heavy atom. The molecular weight excluding hydrogens is 304 g/mol. The van der Waals surface area contributed by atoms with Gasteiger partial charge in [0.2, 0.25) is 10.0 Å². The van der Waals surface area contributed by atoms with E-state index in [0.717, 1.165) is 30.6 Å². The molecule has 0 amide bonds. The van der Waals surface area contributed by atoms with Crippen LogP contribution >= 0.6 is 11.8 Å². The second-order valence-corrected chi connectivity index (χ2v) is 9.21. The summed E-state index contributed by atoms with van der Waals surface area (Å²) >= 11 is 1.85. The molecule has 1 atom stereocenters. The molecule has 21 heavy (non-hydrogen) atoms. The first-order valence-corrected chi connectivity index (χ1v) is 9.85. The highest BCUT2D eigenvalue weighted by atomic mass is 32.2. The molecule has 1 saturated heterocycles. The Labute approximate surface area is 131 Å². The van der Waals surface area contributed by atoms with Gasteiger partial charge in [0.25, 0.3) is 0 Å². The molecule has 1 fully saturated rings. The van der Waals surface area contributed by atoms with Crippen LogP contribution in [-0.4, -0.2) is 32.0 Å². The molecule has 0 radical (unpaired) electrons. The molecule has 0 aromatic heterocycles. The molecule has 1 unspecified atom stereocenters. The van der Waals surface area contributed by atoms with Crippen molar-refractivity contribution in [2.75, 3.05) is 18.8 Å². The zero-order chi connectivity index (χ0) is 15.3. The summed E-state index contributed by atoms with van der Waals surface area (Å²) in [5.74, 6) is 1.12. The van der Waals surface area contributed by atoms with Crippen molar-refractivity contribution < 1.29 is 8.42 Å². The molecule has 1 aliphatic rings. The first kappa shape index (κ1) is 16.8. The Kier molecular flexibility index (Phi) is 5.71. The van der Waals surface area contributed by atoms with Crippen molar-refractivity contribution in [1.29, 1.82) is 0 Å². The molecule has 6 heteroatoms. The van der Waals surface area contributed by atoms with Crippen molar-refractivity contribution in [3.8, 4) is 0 Å². The number of nitrogens with two attached hydrogens (primary N) is 1. The topological polar surface area (TPSA) is 72.2 Å². The summed E-state index contributed by atoms with van der Waals surface area (Å²) in [5, 5.41) is 0. The second-order valence-electron chi connectivity index (χ2n) is 5.76. The van der Waals surface area contributed by atoms with Crippen LogP contribution in [0.25, 0.3) is 0 Å². The van der Waals surface area contributed by atoms with Crippen LogP contribution in [0.1, 0.15) is 31.7 Å². The number of hydrogen-bond donors (Lipinski definition) is 2. The van der Waals surface area contributed by atoms with Crippen LogP contribution in [0.3, 0.4) is 0 Å². The normalized spacial score (nSPS) is 22.6. The van der Waals surface area contributed by atoms with Gasteiger partial charge in [0.05, 0.1) is 4.90 Å². The van der Waals surface area contributed by atoms with Gasteiger partial charge < -0.3 is 5.73 Å². The molecule has 1 aromatic rings. The fourth-order valence-electron chi connectivity index (χ4n) is 2.45. The lowest BCUT2D eigenvalue weighted by atomic mass is 10.1. The lowest BCUT2D eigenvalue weighted by molar-refractivity contribution is 0.552. The molecule has 1 aliphatic heterocycles. The van der Waals surface area contributed by atoms with E-state index in [2.05, 4.69) is 11.6 Å². The van der Waals surface area contributed by atoms with Gasteiger partial charge in [-0.3, -0.25) is 0 Å². The Morgan fingerprint density at radius 2 is 2.05 bits per heavy atom. The van der Waals surface area contributed by atoms with Crippen molar-refractivity contribution in [3.63, 3.8) is 0 Å². The van der Waals surface area contributed by atoms with Crippen molar-refractivity contribution in [1.82, 2.24) is 4.72 Å². The zero-order valence-electron chi connectivity index (χ0n) is 12.5. The number of rotatable bonds is 7. The third-order valence-electron chi connectivity index (χ3n) is 3.84. The first-order chi connectivity index (χ1) is 9.95. The summed E-state index contributed by atoms with van der Waals surface area (Å²) in [6.45, 7) is 3.27. The van der Waals surface area contributed by atoms with E-state index in [1.165, 1.54) is 6.42 Å². The van der Waals surface area contributed by atoms with Gasteiger partial charge in [-0.1, -0.05) is 12.1 Å². The van der Waals surface area contributed by atoms with Gasteiger partial charge in [0, 0.05) is 11.3 Å². The van der Waals surface area contributed by atoms with E-state index in [1.807, 2.05) is 23.9 Å². The molecule has 118 valence electrons. The Hall–Kier alpha value is -0.560. The predicted molar refractivity (Wildman–Crippen MR) is 89.1 cm³/mol. The van der Waals surface area contributed by atoms with Gasteiger partial charge in [-0.15, -0.1) is 0 Å². The monoisotopic (exact) mass is 328 g/mol. The first-order valence-electron chi connectivity index (χ1n) is 7.38. The molecule has 0 spiro atoms. The summed E-state index contributed by atoms with van der Waals surface area (Å²) in [4.78, 5) is 0.339. The third-order valence-corrected chi connectivity index (χ3v) is 6.80. The maximum absolute atomic E-state index is 12.3. The largest absolute Gasteiger partial charge is 0.330 e. The Balaban J connectivity index is 1.98. The fraction of sp³-hybridized carbons (Fsp3) is 0.600. The standard InChI is InChI=1S/C15H24N2O2S2/c1-15(9-3-11-20-15)12-17-21(18,19)14-7-5-13(6-8-14)4-2-10-16/h5-8,17H,2-4,9-12,16H2,1H3. The molecule has 0 saturated carbocycles. The highest BCUT2D eigenvalue weighted by Crippen LogP contribution is 2.37. The second kappa shape index (κ2) is 7.13. The SMILES string of the molecule is CC1(CNS(=O)(=O)c2ccc(CCCN)cc2)CCCS1. The Morgan fingerprint density at radius 3 is 2.62 bits per heavy atom. The van der Waals surface area contributed by atoms with Crippen LogP contribution in [0.15, 0.2) is 29.2 Å². The Bertz CT molecular complexity index is 550. The van der Waals surface area contributed by atoms with Gasteiger partial charge in [-0.2, -0.15) is 11.8 Å². The van der Waals surface area contributed by atoms with Gasteiger partial charge in [0.1, 0.15) is 0 Å². The third kappa shape index (κ3) is 4.71. The molecule has 0 aliphatic carbocycles. The molecule has 1 heterocycles. The molecule has 0 bridgehead atoms. The van der Waals surface area contributed by atoms with Crippen molar-refractivity contribution in [2.45, 2.75) is 42.2 Å². The van der Waals surface area contributed by atoms with Crippen molar-refractivity contribution >= 4 is 21.8 Å². The van der Waals surface area contributed by atoms with Crippen molar-refractivity contribution in [3.05, 3.63) is 29.8 Å². The quantitative estimate of drug-likeness (QED) is 0.804. The smallest absolute Gasteiger partial charge is 0.240 e. The number of aryl methyl sites for hydroxylation is 1. The van der Waals surface area contributed by atoms with Gasteiger partial charge >= 0.3 is 0 Å². The summed E-state index contributed by atoms with van der Waals surface area (Å²) in [6, 6.07) is 7.10. The average Bonchev–Trinajstić information content (AvgIpc) is 2.91. The highest BCUT2D eigenvalue weighted by Gasteiger charge is 2.31. The van der Waals surface area contributed by atoms with Gasteiger partial charge in [-0.25, -0.2) is 13.1 Å². The lowest BCUT2D eigenvalue weighted by Crippen LogP contribution is -2.36. The van der Waals surface area contributed by atoms with Crippen LogP contribution in [0, 0.1) is 0 Å². The van der Waals surface area contributed by atoms with E-state index in [9.17, 15) is 8.42 Å². The zero-order valence-corrected chi connectivity index (χ0v) is 14.1. The van der Waals surface area contributed by atoms with E-state index in [4.69, 9.17) is 5.73 Å². The van der Waals surface area contributed by atoms with E-state index in [-0.39, 0.29) is 4.75 Å². The number of thioether (sulfide) groups is 1. The molecule has 3 N–H and O–H groups in total. The predicted octanol–water partition coefficient (Wildman–Crippen LogP) is 2.14. The van der Waals surface area contributed by atoms with E-state index in [0.29, 0.717) is 18.0 Å². The van der Waals surface area contributed by atoms with Crippen molar-refractivity contribution in [2.24, 2.45) is 5.73 Å². The number of nitrogens with one attached hydrogen (secondary N) is 1. The summed E-state index contributed by atoms with van der Waals surface area (Å²) in [6.07, 6.45) is 4.04. The van der Waals surface area contributed by atoms with E-state index in [1.54, 1.807) is 12.1 Å². The maximum atomic E-state index is 12.3. The van der Waals surface area contributed by atoms with Crippen LogP contribution in [0.2, 0.25) is 0 Å². The molecular formula is C15H24N2O2S2. The van der Waals surface area contributed by atoms with E-state index < -0.39 is 10.0 Å². The minimum absolute atomic E-state index is 0.0358. The number of sulfonamides is 1. The maximum Gasteiger partial charge on any atom is 0.240 e. The lowest BCUT2D eigenvalue weighted by Gasteiger charge is -2.22. The number of hydrogen-bond acceptors (Lipinski definition) is 4. The fourth-order valence-corrected chi connectivity index (χ4v) is 4.95. The molecule has 1 aromatic carbocycles. The van der Waals surface area contributed by atoms with E-state index >= 15 is 0 Å². The van der Waals surface area contributed by atoms with Crippen LogP contribution in [0.4, 0.5) is 0 Å². The van der Waals surface area contributed by atoms with Crippen LogP contribution in [0.5, 0.6) is 0 Å². The van der Waals surface area contributed by atoms with Crippen LogP contribution in [-0.2, 0) is 16.4 Å². The average molecular weight is 329 g/mol. The number of benzene rings is 1. The molecule has 4 nitrogen and oxygen atoms in total. The van der Waals surface area contributed by atoms with Gasteiger partial charge in [-0.05, 0) is 62.6 Å². The summed E-state index contributed by atoms with van der Waals surface area (Å²) in [7, 11) is -3.41. The summed E-state index contributed by atoms with van der Waals surface area (Å²) < 4.78 is 27.4. The van der Waals surface area contributed by atoms with Gasteiger partial charge in [0.15, 0.2) is 0 Å². The highest BCUT2D eigenvalue weighted by molar-refractivity contribution is 8.01. The summed E-state index contributed by atoms with van der Waals surface area (Å²) in [5.41, 5.74) is 6.60.